The average Bonchev–Trinajstić information content (AvgIpc) is 3.47. The number of hydrazone groups is 1. The van der Waals surface area contributed by atoms with Gasteiger partial charge in [0.2, 0.25) is 0 Å². The van der Waals surface area contributed by atoms with Crippen molar-refractivity contribution in [1.29, 1.82) is 0 Å². The van der Waals surface area contributed by atoms with Gasteiger partial charge in [-0.25, -0.2) is 14.8 Å². The highest BCUT2D eigenvalue weighted by Crippen LogP contribution is 2.37. The predicted molar refractivity (Wildman–Crippen MR) is 171 cm³/mol. The van der Waals surface area contributed by atoms with Gasteiger partial charge in [0.25, 0.3) is 5.91 Å². The van der Waals surface area contributed by atoms with E-state index < -0.39 is 0 Å². The van der Waals surface area contributed by atoms with Crippen molar-refractivity contribution < 1.29 is 18.7 Å². The number of aromatic nitrogens is 1. The van der Waals surface area contributed by atoms with Crippen molar-refractivity contribution in [1.82, 2.24) is 10.4 Å². The van der Waals surface area contributed by atoms with Crippen molar-refractivity contribution >= 4 is 57.5 Å². The normalized spacial score (nSPS) is 11.0. The van der Waals surface area contributed by atoms with Crippen molar-refractivity contribution in [2.24, 2.45) is 5.10 Å². The van der Waals surface area contributed by atoms with Crippen molar-refractivity contribution in [2.45, 2.75) is 13.5 Å². The lowest BCUT2D eigenvalue weighted by Gasteiger charge is -2.14. The predicted octanol–water partition coefficient (Wildman–Crippen LogP) is 8.74. The molecule has 0 aliphatic rings. The Morgan fingerprint density at radius 2 is 1.74 bits per heavy atom. The van der Waals surface area contributed by atoms with E-state index in [-0.39, 0.29) is 18.3 Å². The van der Waals surface area contributed by atoms with Gasteiger partial charge in [0.1, 0.15) is 12.4 Å². The Kier molecular flexibility index (Phi) is 9.88. The monoisotopic (exact) mass is 634 g/mol. The van der Waals surface area contributed by atoms with E-state index in [1.54, 1.807) is 36.4 Å². The van der Waals surface area contributed by atoms with Crippen molar-refractivity contribution in [3.8, 4) is 22.8 Å². The van der Waals surface area contributed by atoms with E-state index in [2.05, 4.69) is 20.8 Å². The largest absolute Gasteiger partial charge is 0.490 e. The first-order valence-electron chi connectivity index (χ1n) is 13.1. The van der Waals surface area contributed by atoms with Gasteiger partial charge in [-0.15, -0.1) is 11.3 Å². The van der Waals surface area contributed by atoms with Crippen LogP contribution in [0.1, 0.15) is 28.4 Å². The van der Waals surface area contributed by atoms with Crippen LogP contribution in [0.5, 0.6) is 11.5 Å². The third-order valence-electron chi connectivity index (χ3n) is 6.05. The molecule has 11 heteroatoms. The number of hydrogen-bond acceptors (Lipinski definition) is 7. The van der Waals surface area contributed by atoms with E-state index in [1.165, 1.54) is 29.7 Å². The van der Waals surface area contributed by atoms with Gasteiger partial charge < -0.3 is 14.8 Å². The van der Waals surface area contributed by atoms with Crippen LogP contribution in [0.25, 0.3) is 11.3 Å². The molecule has 0 aliphatic heterocycles. The van der Waals surface area contributed by atoms with Crippen LogP contribution in [-0.4, -0.2) is 23.7 Å². The van der Waals surface area contributed by atoms with Crippen molar-refractivity contribution in [3.05, 3.63) is 123 Å². The third kappa shape index (κ3) is 8.10. The number of nitrogens with zero attached hydrogens (tertiary/aromatic N) is 2. The summed E-state index contributed by atoms with van der Waals surface area (Å²) >= 11 is 13.9. The molecule has 0 radical (unpaired) electrons. The van der Waals surface area contributed by atoms with Gasteiger partial charge >= 0.3 is 0 Å². The Morgan fingerprint density at radius 3 is 2.47 bits per heavy atom. The maximum Gasteiger partial charge on any atom is 0.271 e. The number of benzene rings is 4. The SMILES string of the molecule is CCOc1cc(/C=N\NC(=O)c2ccc(-c3csc(Nc4ccc(Cl)cc4)n3)cc2)cc(Cl)c1OCc1ccc(F)cc1. The number of nitrogens with one attached hydrogen (secondary N) is 2. The molecule has 1 amide bonds. The van der Waals surface area contributed by atoms with Crippen LogP contribution in [0.3, 0.4) is 0 Å². The summed E-state index contributed by atoms with van der Waals surface area (Å²) < 4.78 is 24.8. The van der Waals surface area contributed by atoms with Crippen LogP contribution >= 0.6 is 34.5 Å². The highest BCUT2D eigenvalue weighted by molar-refractivity contribution is 7.14. The molecule has 7 nitrogen and oxygen atoms in total. The highest BCUT2D eigenvalue weighted by Gasteiger charge is 2.13. The molecule has 2 N–H and O–H groups in total. The molecule has 43 heavy (non-hydrogen) atoms. The first-order valence-corrected chi connectivity index (χ1v) is 14.8. The van der Waals surface area contributed by atoms with Crippen LogP contribution in [-0.2, 0) is 6.61 Å². The Labute approximate surface area is 261 Å². The fourth-order valence-corrected chi connectivity index (χ4v) is 5.08. The van der Waals surface area contributed by atoms with Gasteiger partial charge in [-0.2, -0.15) is 5.10 Å². The van der Waals surface area contributed by atoms with E-state index in [0.717, 1.165) is 27.6 Å². The second-order valence-electron chi connectivity index (χ2n) is 9.12. The van der Waals surface area contributed by atoms with Crippen LogP contribution in [0.15, 0.2) is 95.4 Å². The maximum atomic E-state index is 13.2. The van der Waals surface area contributed by atoms with Gasteiger partial charge in [0.05, 0.1) is 23.5 Å². The van der Waals surface area contributed by atoms with Gasteiger partial charge in [-0.1, -0.05) is 47.5 Å². The highest BCUT2D eigenvalue weighted by atomic mass is 35.5. The molecule has 0 saturated carbocycles. The van der Waals surface area contributed by atoms with Crippen LogP contribution in [0.2, 0.25) is 10.0 Å². The zero-order valence-corrected chi connectivity index (χ0v) is 25.1. The maximum absolute atomic E-state index is 13.2. The molecule has 4 aromatic carbocycles. The number of amides is 1. The Balaban J connectivity index is 1.19. The first kappa shape index (κ1) is 30.0. The minimum absolute atomic E-state index is 0.187. The zero-order chi connectivity index (χ0) is 30.2. The van der Waals surface area contributed by atoms with Gasteiger partial charge in [0.15, 0.2) is 16.6 Å². The molecular formula is C32H25Cl2FN4O3S. The minimum Gasteiger partial charge on any atom is -0.490 e. The summed E-state index contributed by atoms with van der Waals surface area (Å²) in [4.78, 5) is 17.3. The molecule has 0 bridgehead atoms. The number of carbonyl (C=O) groups excluding carboxylic acids is 1. The second-order valence-corrected chi connectivity index (χ2v) is 10.8. The number of ether oxygens (including phenoxy) is 2. The first-order chi connectivity index (χ1) is 20.9. The minimum atomic E-state index is -0.374. The second kappa shape index (κ2) is 14.2. The van der Waals surface area contributed by atoms with E-state index in [1.807, 2.05) is 48.7 Å². The molecule has 0 unspecified atom stereocenters. The van der Waals surface area contributed by atoms with Gasteiger partial charge in [-0.05, 0) is 78.7 Å². The summed E-state index contributed by atoms with van der Waals surface area (Å²) in [6.45, 7) is 2.42. The van der Waals surface area contributed by atoms with Crippen LogP contribution in [0.4, 0.5) is 15.2 Å². The number of anilines is 2. The van der Waals surface area contributed by atoms with E-state index in [0.29, 0.717) is 39.3 Å². The van der Waals surface area contributed by atoms with Crippen LogP contribution in [0, 0.1) is 5.82 Å². The van der Waals surface area contributed by atoms with Crippen molar-refractivity contribution in [2.75, 3.05) is 11.9 Å². The summed E-state index contributed by atoms with van der Waals surface area (Å²) in [6, 6.07) is 23.8. The number of rotatable bonds is 11. The Morgan fingerprint density at radius 1 is 1.00 bits per heavy atom. The lowest BCUT2D eigenvalue weighted by atomic mass is 10.1. The number of carbonyl (C=O) groups is 1. The smallest absolute Gasteiger partial charge is 0.271 e. The molecule has 5 aromatic rings. The molecular weight excluding hydrogens is 610 g/mol. The molecule has 1 aromatic heterocycles. The van der Waals surface area contributed by atoms with E-state index >= 15 is 0 Å². The Bertz CT molecular complexity index is 1730. The Hall–Kier alpha value is -4.44. The molecule has 1 heterocycles. The molecule has 0 saturated heterocycles. The molecule has 0 fully saturated rings. The molecule has 0 spiro atoms. The standard InChI is InChI=1S/C32H25Cl2FN4O3S/c1-2-41-29-16-21(15-27(34)30(29)42-18-20-3-11-25(35)12-4-20)17-36-39-31(40)23-7-5-22(6-8-23)28-19-43-32(38-28)37-26-13-9-24(33)10-14-26/h3-17,19H,2,18H2,1H3,(H,37,38)(H,39,40)/b36-17-. The summed E-state index contributed by atoms with van der Waals surface area (Å²) in [5.74, 6) is 0.0933. The molecule has 0 atom stereocenters. The summed E-state index contributed by atoms with van der Waals surface area (Å²) in [5, 5.41) is 11.0. The fourth-order valence-electron chi connectivity index (χ4n) is 3.94. The summed E-state index contributed by atoms with van der Waals surface area (Å²) in [5.41, 5.74) is 6.91. The zero-order valence-electron chi connectivity index (χ0n) is 22.8. The van der Waals surface area contributed by atoms with Gasteiger partial charge in [-0.3, -0.25) is 4.79 Å². The topological polar surface area (TPSA) is 84.8 Å². The number of thiazole rings is 1. The lowest BCUT2D eigenvalue weighted by molar-refractivity contribution is 0.0955. The number of halogens is 3. The van der Waals surface area contributed by atoms with Crippen molar-refractivity contribution in [3.63, 3.8) is 0 Å². The molecule has 0 aliphatic carbocycles. The third-order valence-corrected chi connectivity index (χ3v) is 7.34. The molecule has 218 valence electrons. The van der Waals surface area contributed by atoms with E-state index in [9.17, 15) is 9.18 Å². The quantitative estimate of drug-likeness (QED) is 0.112. The van der Waals surface area contributed by atoms with E-state index in [4.69, 9.17) is 32.7 Å². The summed E-state index contributed by atoms with van der Waals surface area (Å²) in [6.07, 6.45) is 1.47. The van der Waals surface area contributed by atoms with Gasteiger partial charge in [0, 0.05) is 27.2 Å². The number of hydrogen-bond donors (Lipinski definition) is 2. The van der Waals surface area contributed by atoms with Crippen LogP contribution < -0.4 is 20.2 Å². The summed E-state index contributed by atoms with van der Waals surface area (Å²) in [7, 11) is 0. The molecule has 5 rings (SSSR count). The lowest BCUT2D eigenvalue weighted by Crippen LogP contribution is -2.17. The average molecular weight is 636 g/mol. The fraction of sp³-hybridized carbons (Fsp3) is 0.0938.